The third-order valence-corrected chi connectivity index (χ3v) is 3.50. The predicted molar refractivity (Wildman–Crippen MR) is 77.6 cm³/mol. The summed E-state index contributed by atoms with van der Waals surface area (Å²) in [6, 6.07) is 12.2. The first-order chi connectivity index (χ1) is 8.58. The molecule has 0 aliphatic carbocycles. The van der Waals surface area contributed by atoms with Gasteiger partial charge in [-0.1, -0.05) is 45.7 Å². The monoisotopic (exact) mass is 327 g/mol. The van der Waals surface area contributed by atoms with Gasteiger partial charge in [-0.15, -0.1) is 0 Å². The molecule has 0 saturated carbocycles. The van der Waals surface area contributed by atoms with Crippen molar-refractivity contribution in [3.63, 3.8) is 0 Å². The molecule has 0 spiro atoms. The summed E-state index contributed by atoms with van der Waals surface area (Å²) in [5.41, 5.74) is 1.41. The van der Waals surface area contributed by atoms with Gasteiger partial charge in [-0.05, 0) is 36.8 Å². The Morgan fingerprint density at radius 1 is 1.22 bits per heavy atom. The van der Waals surface area contributed by atoms with Crippen molar-refractivity contribution in [3.05, 3.63) is 63.3 Å². The molecule has 0 aliphatic rings. The Balaban J connectivity index is 2.22. The zero-order valence-electron chi connectivity index (χ0n) is 9.75. The third kappa shape index (κ3) is 3.03. The molecular weight excluding hydrogens is 317 g/mol. The van der Waals surface area contributed by atoms with E-state index in [2.05, 4.69) is 21.2 Å². The maximum Gasteiger partial charge on any atom is 0.146 e. The van der Waals surface area contributed by atoms with Crippen LogP contribution < -0.4 is 5.32 Å². The summed E-state index contributed by atoms with van der Waals surface area (Å²) in [6.07, 6.45) is 0. The van der Waals surface area contributed by atoms with Gasteiger partial charge in [0.25, 0.3) is 0 Å². The number of halogens is 3. The number of para-hydroxylation sites is 1. The fourth-order valence-electron chi connectivity index (χ4n) is 1.74. The second-order valence-electron chi connectivity index (χ2n) is 4.01. The first-order valence-corrected chi connectivity index (χ1v) is 6.71. The van der Waals surface area contributed by atoms with Gasteiger partial charge in [-0.2, -0.15) is 0 Å². The molecule has 4 heteroatoms. The molecule has 1 nitrogen and oxygen atoms in total. The first-order valence-electron chi connectivity index (χ1n) is 5.54. The van der Waals surface area contributed by atoms with Gasteiger partial charge < -0.3 is 5.32 Å². The normalized spacial score (nSPS) is 12.2. The topological polar surface area (TPSA) is 12.0 Å². The van der Waals surface area contributed by atoms with Crippen LogP contribution in [0.15, 0.2) is 46.9 Å². The lowest BCUT2D eigenvalue weighted by Crippen LogP contribution is -2.08. The summed E-state index contributed by atoms with van der Waals surface area (Å²) < 4.78 is 14.5. The van der Waals surface area contributed by atoms with Crippen LogP contribution >= 0.6 is 27.5 Å². The molecule has 1 atom stereocenters. The molecule has 94 valence electrons. The lowest BCUT2D eigenvalue weighted by molar-refractivity contribution is 0.627. The van der Waals surface area contributed by atoms with E-state index in [-0.39, 0.29) is 11.9 Å². The van der Waals surface area contributed by atoms with Gasteiger partial charge in [0.2, 0.25) is 0 Å². The van der Waals surface area contributed by atoms with E-state index in [9.17, 15) is 4.39 Å². The maximum atomic E-state index is 13.5. The van der Waals surface area contributed by atoms with Crippen molar-refractivity contribution in [2.75, 3.05) is 5.32 Å². The van der Waals surface area contributed by atoms with E-state index in [0.29, 0.717) is 10.7 Å². The highest BCUT2D eigenvalue weighted by Crippen LogP contribution is 2.29. The van der Waals surface area contributed by atoms with E-state index in [4.69, 9.17) is 11.6 Å². The van der Waals surface area contributed by atoms with E-state index in [1.165, 1.54) is 6.07 Å². The molecule has 0 aliphatic heterocycles. The molecule has 2 aromatic rings. The number of benzene rings is 2. The molecule has 1 unspecified atom stereocenters. The van der Waals surface area contributed by atoms with Gasteiger partial charge >= 0.3 is 0 Å². The highest BCUT2D eigenvalue weighted by atomic mass is 79.9. The lowest BCUT2D eigenvalue weighted by Gasteiger charge is -2.17. The van der Waals surface area contributed by atoms with E-state index in [0.717, 1.165) is 10.0 Å². The summed E-state index contributed by atoms with van der Waals surface area (Å²) in [5, 5.41) is 3.77. The number of rotatable bonds is 3. The molecule has 2 aromatic carbocycles. The Labute approximate surface area is 119 Å². The molecule has 0 heterocycles. The van der Waals surface area contributed by atoms with Crippen molar-refractivity contribution in [2.24, 2.45) is 0 Å². The molecule has 0 fully saturated rings. The Bertz CT molecular complexity index is 559. The minimum atomic E-state index is -0.266. The van der Waals surface area contributed by atoms with Gasteiger partial charge in [0.15, 0.2) is 0 Å². The van der Waals surface area contributed by atoms with Crippen LogP contribution in [0.5, 0.6) is 0 Å². The standard InChI is InChI=1S/C14H12BrClFN/c1-9(11-7-6-10(15)8-12(11)16)18-14-5-3-2-4-13(14)17/h2-9,18H,1H3. The summed E-state index contributed by atoms with van der Waals surface area (Å²) in [5.74, 6) is -0.266. The van der Waals surface area contributed by atoms with Crippen LogP contribution in [0.4, 0.5) is 10.1 Å². The molecule has 0 aromatic heterocycles. The van der Waals surface area contributed by atoms with Gasteiger partial charge in [-0.25, -0.2) is 4.39 Å². The molecule has 0 bridgehead atoms. The first kappa shape index (κ1) is 13.4. The Morgan fingerprint density at radius 3 is 2.61 bits per heavy atom. The SMILES string of the molecule is CC(Nc1ccccc1F)c1ccc(Br)cc1Cl. The average molecular weight is 329 g/mol. The molecular formula is C14H12BrClFN. The second-order valence-corrected chi connectivity index (χ2v) is 5.33. The third-order valence-electron chi connectivity index (χ3n) is 2.67. The minimum Gasteiger partial charge on any atom is -0.376 e. The van der Waals surface area contributed by atoms with Crippen LogP contribution in [-0.2, 0) is 0 Å². The fourth-order valence-corrected chi connectivity index (χ4v) is 2.58. The maximum absolute atomic E-state index is 13.5. The highest BCUT2D eigenvalue weighted by Gasteiger charge is 2.11. The predicted octanol–water partition coefficient (Wildman–Crippen LogP) is 5.41. The van der Waals surface area contributed by atoms with E-state index < -0.39 is 0 Å². The van der Waals surface area contributed by atoms with E-state index >= 15 is 0 Å². The Hall–Kier alpha value is -1.06. The van der Waals surface area contributed by atoms with Crippen molar-refractivity contribution in [3.8, 4) is 0 Å². The summed E-state index contributed by atoms with van der Waals surface area (Å²) >= 11 is 9.53. The number of nitrogens with one attached hydrogen (secondary N) is 1. The van der Waals surface area contributed by atoms with Gasteiger partial charge in [0.05, 0.1) is 11.7 Å². The van der Waals surface area contributed by atoms with Crippen LogP contribution in [0.2, 0.25) is 5.02 Å². The average Bonchev–Trinajstić information content (AvgIpc) is 2.32. The van der Waals surface area contributed by atoms with Crippen molar-refractivity contribution in [1.82, 2.24) is 0 Å². The Kier molecular flexibility index (Phi) is 4.25. The van der Waals surface area contributed by atoms with Crippen molar-refractivity contribution in [2.45, 2.75) is 13.0 Å². The van der Waals surface area contributed by atoms with Gasteiger partial charge in [0.1, 0.15) is 5.82 Å². The van der Waals surface area contributed by atoms with Crippen molar-refractivity contribution < 1.29 is 4.39 Å². The summed E-state index contributed by atoms with van der Waals surface area (Å²) in [7, 11) is 0. The smallest absolute Gasteiger partial charge is 0.146 e. The quantitative estimate of drug-likeness (QED) is 0.794. The zero-order chi connectivity index (χ0) is 13.1. The molecule has 0 saturated heterocycles. The highest BCUT2D eigenvalue weighted by molar-refractivity contribution is 9.10. The number of anilines is 1. The minimum absolute atomic E-state index is 0.0671. The molecule has 0 radical (unpaired) electrons. The van der Waals surface area contributed by atoms with Crippen LogP contribution in [0.1, 0.15) is 18.5 Å². The Morgan fingerprint density at radius 2 is 1.94 bits per heavy atom. The van der Waals surface area contributed by atoms with Crippen LogP contribution in [0, 0.1) is 5.82 Å². The molecule has 18 heavy (non-hydrogen) atoms. The molecule has 2 rings (SSSR count). The molecule has 1 N–H and O–H groups in total. The molecule has 0 amide bonds. The summed E-state index contributed by atoms with van der Waals surface area (Å²) in [6.45, 7) is 1.95. The lowest BCUT2D eigenvalue weighted by atomic mass is 10.1. The van der Waals surface area contributed by atoms with Crippen LogP contribution in [-0.4, -0.2) is 0 Å². The van der Waals surface area contributed by atoms with Crippen molar-refractivity contribution >= 4 is 33.2 Å². The fraction of sp³-hybridized carbons (Fsp3) is 0.143. The van der Waals surface area contributed by atoms with E-state index in [1.807, 2.05) is 25.1 Å². The van der Waals surface area contributed by atoms with E-state index in [1.54, 1.807) is 18.2 Å². The van der Waals surface area contributed by atoms with Crippen LogP contribution in [0.25, 0.3) is 0 Å². The van der Waals surface area contributed by atoms with Crippen LogP contribution in [0.3, 0.4) is 0 Å². The van der Waals surface area contributed by atoms with Gasteiger partial charge in [0, 0.05) is 9.50 Å². The zero-order valence-corrected chi connectivity index (χ0v) is 12.1. The van der Waals surface area contributed by atoms with Gasteiger partial charge in [-0.3, -0.25) is 0 Å². The summed E-state index contributed by atoms with van der Waals surface area (Å²) in [4.78, 5) is 0. The largest absolute Gasteiger partial charge is 0.376 e. The van der Waals surface area contributed by atoms with Crippen molar-refractivity contribution in [1.29, 1.82) is 0 Å². The number of hydrogen-bond donors (Lipinski definition) is 1. The number of hydrogen-bond acceptors (Lipinski definition) is 1. The second kappa shape index (κ2) is 5.72.